The van der Waals surface area contributed by atoms with Crippen molar-refractivity contribution in [2.24, 2.45) is 5.92 Å². The van der Waals surface area contributed by atoms with E-state index in [0.717, 1.165) is 10.7 Å². The standard InChI is InChI=1S/C13H21N3S/c1-2-9-5-3-4-6-11(9)16-12(10-7-8-10)14-15-13(16)17/h9-11H,2-8H2,1H3,(H,15,17). The van der Waals surface area contributed by atoms with E-state index in [9.17, 15) is 0 Å². The van der Waals surface area contributed by atoms with E-state index < -0.39 is 0 Å². The van der Waals surface area contributed by atoms with Crippen LogP contribution in [-0.2, 0) is 0 Å². The fourth-order valence-corrected chi connectivity index (χ4v) is 3.55. The Morgan fingerprint density at radius 3 is 2.76 bits per heavy atom. The van der Waals surface area contributed by atoms with Crippen LogP contribution < -0.4 is 0 Å². The second-order valence-corrected chi connectivity index (χ2v) is 5.94. The van der Waals surface area contributed by atoms with Gasteiger partial charge in [-0.25, -0.2) is 0 Å². The third-order valence-corrected chi connectivity index (χ3v) is 4.69. The molecular weight excluding hydrogens is 230 g/mol. The zero-order valence-corrected chi connectivity index (χ0v) is 11.3. The first-order chi connectivity index (χ1) is 8.31. The van der Waals surface area contributed by atoms with E-state index in [0.29, 0.717) is 12.0 Å². The molecule has 94 valence electrons. The fourth-order valence-electron chi connectivity index (χ4n) is 3.27. The summed E-state index contributed by atoms with van der Waals surface area (Å²) < 4.78 is 3.21. The first-order valence-electron chi connectivity index (χ1n) is 6.98. The molecule has 1 aromatic heterocycles. The fraction of sp³-hybridized carbons (Fsp3) is 0.846. The van der Waals surface area contributed by atoms with E-state index in [1.54, 1.807) is 0 Å². The molecule has 2 atom stereocenters. The van der Waals surface area contributed by atoms with Crippen LogP contribution in [0.25, 0.3) is 0 Å². The molecule has 0 aliphatic heterocycles. The Bertz CT molecular complexity index is 444. The van der Waals surface area contributed by atoms with Crippen molar-refractivity contribution < 1.29 is 0 Å². The van der Waals surface area contributed by atoms with Crippen molar-refractivity contribution >= 4 is 12.2 Å². The van der Waals surface area contributed by atoms with Gasteiger partial charge in [0, 0.05) is 12.0 Å². The summed E-state index contributed by atoms with van der Waals surface area (Å²) in [4.78, 5) is 0. The van der Waals surface area contributed by atoms with Crippen molar-refractivity contribution in [2.45, 2.75) is 63.8 Å². The molecule has 0 radical (unpaired) electrons. The van der Waals surface area contributed by atoms with Crippen LogP contribution in [0.3, 0.4) is 0 Å². The molecule has 0 aromatic carbocycles. The molecular formula is C13H21N3S. The van der Waals surface area contributed by atoms with E-state index in [1.165, 1.54) is 50.8 Å². The molecule has 17 heavy (non-hydrogen) atoms. The van der Waals surface area contributed by atoms with Crippen molar-refractivity contribution in [1.29, 1.82) is 0 Å². The van der Waals surface area contributed by atoms with E-state index >= 15 is 0 Å². The van der Waals surface area contributed by atoms with Crippen LogP contribution in [0, 0.1) is 10.7 Å². The highest BCUT2D eigenvalue weighted by atomic mass is 32.1. The molecule has 3 nitrogen and oxygen atoms in total. The number of hydrogen-bond donors (Lipinski definition) is 1. The van der Waals surface area contributed by atoms with Gasteiger partial charge in [-0.3, -0.25) is 5.10 Å². The number of rotatable bonds is 3. The predicted molar refractivity (Wildman–Crippen MR) is 70.7 cm³/mol. The first kappa shape index (κ1) is 11.5. The van der Waals surface area contributed by atoms with Crippen LogP contribution >= 0.6 is 12.2 Å². The van der Waals surface area contributed by atoms with Crippen LogP contribution in [0.2, 0.25) is 0 Å². The molecule has 3 rings (SSSR count). The zero-order valence-electron chi connectivity index (χ0n) is 10.5. The Labute approximate surface area is 108 Å². The number of hydrogen-bond acceptors (Lipinski definition) is 2. The van der Waals surface area contributed by atoms with Crippen LogP contribution in [0.15, 0.2) is 0 Å². The molecule has 1 N–H and O–H groups in total. The smallest absolute Gasteiger partial charge is 0.195 e. The maximum atomic E-state index is 5.45. The monoisotopic (exact) mass is 251 g/mol. The maximum Gasteiger partial charge on any atom is 0.195 e. The lowest BCUT2D eigenvalue weighted by molar-refractivity contribution is 0.226. The minimum Gasteiger partial charge on any atom is -0.301 e. The van der Waals surface area contributed by atoms with Gasteiger partial charge in [-0.2, -0.15) is 5.10 Å². The van der Waals surface area contributed by atoms with Gasteiger partial charge >= 0.3 is 0 Å². The van der Waals surface area contributed by atoms with Gasteiger partial charge in [-0.15, -0.1) is 0 Å². The Hall–Kier alpha value is -0.640. The van der Waals surface area contributed by atoms with Crippen molar-refractivity contribution in [1.82, 2.24) is 14.8 Å². The molecule has 0 saturated heterocycles. The van der Waals surface area contributed by atoms with Gasteiger partial charge in [0.2, 0.25) is 0 Å². The average molecular weight is 251 g/mol. The number of aromatic nitrogens is 3. The molecule has 2 aliphatic rings. The van der Waals surface area contributed by atoms with E-state index in [1.807, 2.05) is 0 Å². The lowest BCUT2D eigenvalue weighted by Crippen LogP contribution is -2.24. The molecule has 1 heterocycles. The number of aromatic amines is 1. The SMILES string of the molecule is CCC1CCCCC1n1c(C2CC2)n[nH]c1=S. The molecule has 0 bridgehead atoms. The summed E-state index contributed by atoms with van der Waals surface area (Å²) >= 11 is 5.45. The Kier molecular flexibility index (Phi) is 3.07. The third kappa shape index (κ3) is 2.07. The summed E-state index contributed by atoms with van der Waals surface area (Å²) in [6, 6.07) is 0.607. The molecule has 0 amide bonds. The van der Waals surface area contributed by atoms with Crippen LogP contribution in [0.5, 0.6) is 0 Å². The minimum absolute atomic E-state index is 0.607. The van der Waals surface area contributed by atoms with Gasteiger partial charge in [0.1, 0.15) is 5.82 Å². The van der Waals surface area contributed by atoms with Crippen LogP contribution in [0.1, 0.15) is 69.7 Å². The number of H-pyrrole nitrogens is 1. The van der Waals surface area contributed by atoms with Gasteiger partial charge in [0.05, 0.1) is 0 Å². The summed E-state index contributed by atoms with van der Waals surface area (Å²) in [7, 11) is 0. The topological polar surface area (TPSA) is 33.6 Å². The Morgan fingerprint density at radius 1 is 1.29 bits per heavy atom. The zero-order chi connectivity index (χ0) is 11.8. The van der Waals surface area contributed by atoms with E-state index in [-0.39, 0.29) is 0 Å². The minimum atomic E-state index is 0.607. The maximum absolute atomic E-state index is 5.45. The van der Waals surface area contributed by atoms with Crippen molar-refractivity contribution in [3.05, 3.63) is 10.6 Å². The largest absolute Gasteiger partial charge is 0.301 e. The lowest BCUT2D eigenvalue weighted by Gasteiger charge is -2.32. The lowest BCUT2D eigenvalue weighted by atomic mass is 9.82. The Balaban J connectivity index is 1.95. The van der Waals surface area contributed by atoms with Crippen molar-refractivity contribution in [3.8, 4) is 0 Å². The molecule has 1 aromatic rings. The average Bonchev–Trinajstić information content (AvgIpc) is 3.13. The quantitative estimate of drug-likeness (QED) is 0.825. The number of nitrogens with zero attached hydrogens (tertiary/aromatic N) is 2. The summed E-state index contributed by atoms with van der Waals surface area (Å²) in [5, 5.41) is 7.48. The molecule has 2 unspecified atom stereocenters. The second-order valence-electron chi connectivity index (χ2n) is 5.55. The van der Waals surface area contributed by atoms with Crippen molar-refractivity contribution in [2.75, 3.05) is 0 Å². The molecule has 2 saturated carbocycles. The molecule has 4 heteroatoms. The summed E-state index contributed by atoms with van der Waals surface area (Å²) in [6.45, 7) is 2.31. The molecule has 2 aliphatic carbocycles. The first-order valence-corrected chi connectivity index (χ1v) is 7.39. The Morgan fingerprint density at radius 2 is 2.06 bits per heavy atom. The van der Waals surface area contributed by atoms with E-state index in [4.69, 9.17) is 12.2 Å². The normalized spacial score (nSPS) is 29.5. The number of nitrogens with one attached hydrogen (secondary N) is 1. The van der Waals surface area contributed by atoms with Crippen LogP contribution in [-0.4, -0.2) is 14.8 Å². The van der Waals surface area contributed by atoms with Gasteiger partial charge in [0.15, 0.2) is 4.77 Å². The van der Waals surface area contributed by atoms with Crippen molar-refractivity contribution in [3.63, 3.8) is 0 Å². The summed E-state index contributed by atoms with van der Waals surface area (Å²) in [6.07, 6.45) is 9.23. The summed E-state index contributed by atoms with van der Waals surface area (Å²) in [5.41, 5.74) is 0. The summed E-state index contributed by atoms with van der Waals surface area (Å²) in [5.74, 6) is 2.72. The molecule has 2 fully saturated rings. The predicted octanol–water partition coefficient (Wildman–Crippen LogP) is 3.96. The van der Waals surface area contributed by atoms with Gasteiger partial charge < -0.3 is 4.57 Å². The van der Waals surface area contributed by atoms with Crippen LogP contribution in [0.4, 0.5) is 0 Å². The third-order valence-electron chi connectivity index (χ3n) is 4.40. The highest BCUT2D eigenvalue weighted by Gasteiger charge is 2.34. The molecule has 0 spiro atoms. The second kappa shape index (κ2) is 4.56. The van der Waals surface area contributed by atoms with Gasteiger partial charge in [-0.05, 0) is 43.8 Å². The van der Waals surface area contributed by atoms with Gasteiger partial charge in [-0.1, -0.05) is 26.2 Å². The highest BCUT2D eigenvalue weighted by molar-refractivity contribution is 7.71. The van der Waals surface area contributed by atoms with Gasteiger partial charge in [0.25, 0.3) is 0 Å². The highest BCUT2D eigenvalue weighted by Crippen LogP contribution is 2.43. The van der Waals surface area contributed by atoms with E-state index in [2.05, 4.69) is 21.7 Å².